The molecule has 8 heteroatoms. The predicted molar refractivity (Wildman–Crippen MR) is 123 cm³/mol. The summed E-state index contributed by atoms with van der Waals surface area (Å²) in [6.45, 7) is 8.95. The van der Waals surface area contributed by atoms with Crippen LogP contribution in [0.4, 0.5) is 0 Å². The fourth-order valence-electron chi connectivity index (χ4n) is 4.36. The fourth-order valence-corrected chi connectivity index (χ4v) is 5.53. The van der Waals surface area contributed by atoms with Crippen LogP contribution in [0, 0.1) is 0 Å². The minimum absolute atomic E-state index is 0.0918. The maximum atomic E-state index is 9.44. The lowest BCUT2D eigenvalue weighted by Gasteiger charge is -2.47. The van der Waals surface area contributed by atoms with Gasteiger partial charge in [0.15, 0.2) is 0 Å². The van der Waals surface area contributed by atoms with Crippen molar-refractivity contribution < 1.29 is 14.6 Å². The van der Waals surface area contributed by atoms with Gasteiger partial charge < -0.3 is 20.4 Å². The highest BCUT2D eigenvalue weighted by Crippen LogP contribution is 2.46. The van der Waals surface area contributed by atoms with Gasteiger partial charge in [-0.1, -0.05) is 6.92 Å². The van der Waals surface area contributed by atoms with E-state index in [0.717, 1.165) is 44.5 Å². The van der Waals surface area contributed by atoms with Gasteiger partial charge in [0, 0.05) is 48.6 Å². The maximum Gasteiger partial charge on any atom is 0.107 e. The molecule has 3 N–H and O–H groups in total. The van der Waals surface area contributed by atoms with Crippen LogP contribution >= 0.6 is 11.3 Å². The SMILES string of the molecule is CCc1cc2c(s1)CCO[C@@]21CCN(C/C(C=NCC(C)(CO)OC)=N/N)[C@@H](C)C1. The minimum atomic E-state index is -0.686. The number of nitrogens with two attached hydrogens (primary N) is 1. The van der Waals surface area contributed by atoms with E-state index in [-0.39, 0.29) is 12.2 Å². The zero-order chi connectivity index (χ0) is 21.8. The van der Waals surface area contributed by atoms with Gasteiger partial charge in [0.25, 0.3) is 0 Å². The van der Waals surface area contributed by atoms with Crippen LogP contribution in [0.2, 0.25) is 0 Å². The molecule has 0 aliphatic carbocycles. The number of rotatable bonds is 8. The molecule has 2 aliphatic rings. The van der Waals surface area contributed by atoms with Crippen molar-refractivity contribution in [2.75, 3.05) is 40.0 Å². The van der Waals surface area contributed by atoms with Crippen LogP contribution in [-0.2, 0) is 27.9 Å². The second-order valence-corrected chi connectivity index (χ2v) is 9.89. The van der Waals surface area contributed by atoms with Crippen LogP contribution < -0.4 is 5.84 Å². The number of thiophene rings is 1. The topological polar surface area (TPSA) is 92.7 Å². The van der Waals surface area contributed by atoms with Crippen molar-refractivity contribution in [3.63, 3.8) is 0 Å². The highest BCUT2D eigenvalue weighted by molar-refractivity contribution is 7.12. The summed E-state index contributed by atoms with van der Waals surface area (Å²) < 4.78 is 11.7. The number of hydrogen-bond donors (Lipinski definition) is 2. The molecule has 2 aliphatic heterocycles. The third-order valence-electron chi connectivity index (χ3n) is 6.48. The number of aliphatic imine (C=N–C) groups is 1. The average Bonchev–Trinajstić information content (AvgIpc) is 3.20. The van der Waals surface area contributed by atoms with Gasteiger partial charge in [-0.05, 0) is 44.7 Å². The number of aliphatic hydroxyl groups is 1. The zero-order valence-corrected chi connectivity index (χ0v) is 19.5. The summed E-state index contributed by atoms with van der Waals surface area (Å²) in [5.74, 6) is 5.63. The molecule has 0 aromatic carbocycles. The highest BCUT2D eigenvalue weighted by atomic mass is 32.1. The Balaban J connectivity index is 1.64. The van der Waals surface area contributed by atoms with E-state index >= 15 is 0 Å². The Hall–Kier alpha value is -1.32. The Morgan fingerprint density at radius 3 is 3.00 bits per heavy atom. The number of nitrogens with zero attached hydrogens (tertiary/aromatic N) is 3. The summed E-state index contributed by atoms with van der Waals surface area (Å²) in [6.07, 6.45) is 5.77. The van der Waals surface area contributed by atoms with E-state index < -0.39 is 5.60 Å². The Kier molecular flexibility index (Phi) is 7.68. The van der Waals surface area contributed by atoms with E-state index in [2.05, 4.69) is 34.9 Å². The molecule has 1 fully saturated rings. The number of hydrazone groups is 1. The number of piperidine rings is 1. The standard InChI is InChI=1S/C22H36N4O3S/c1-5-18-10-19-20(30-18)6-9-29-22(19)7-8-26(16(2)11-22)13-17(25-23)12-24-14-21(3,15-27)28-4/h10,12,16,27H,5-9,11,13-15,23H2,1-4H3/b24-12?,25-17+/t16-,21?,22+/m0/s1. The summed E-state index contributed by atoms with van der Waals surface area (Å²) in [7, 11) is 1.57. The molecule has 1 spiro atoms. The van der Waals surface area contributed by atoms with Gasteiger partial charge in [0.05, 0.1) is 31.1 Å². The van der Waals surface area contributed by atoms with Crippen molar-refractivity contribution in [1.82, 2.24) is 4.90 Å². The van der Waals surface area contributed by atoms with Gasteiger partial charge in [-0.3, -0.25) is 9.89 Å². The third-order valence-corrected chi connectivity index (χ3v) is 7.82. The first kappa shape index (κ1) is 23.3. The lowest BCUT2D eigenvalue weighted by atomic mass is 9.79. The molecule has 3 atom stereocenters. The third kappa shape index (κ3) is 4.94. The van der Waals surface area contributed by atoms with Crippen LogP contribution in [0.15, 0.2) is 16.2 Å². The molecular formula is C22H36N4O3S. The van der Waals surface area contributed by atoms with Crippen LogP contribution in [0.5, 0.6) is 0 Å². The summed E-state index contributed by atoms with van der Waals surface area (Å²) in [5, 5.41) is 13.4. The van der Waals surface area contributed by atoms with Crippen molar-refractivity contribution in [2.45, 2.75) is 63.7 Å². The van der Waals surface area contributed by atoms with Crippen LogP contribution in [-0.4, -0.2) is 73.5 Å². The minimum Gasteiger partial charge on any atom is -0.393 e. The predicted octanol–water partition coefficient (Wildman–Crippen LogP) is 2.35. The van der Waals surface area contributed by atoms with E-state index in [1.807, 2.05) is 18.3 Å². The molecule has 1 aromatic heterocycles. The first-order valence-electron chi connectivity index (χ1n) is 10.8. The Morgan fingerprint density at radius 2 is 2.37 bits per heavy atom. The molecule has 1 unspecified atom stereocenters. The Bertz CT molecular complexity index is 774. The van der Waals surface area contributed by atoms with Crippen molar-refractivity contribution in [3.8, 4) is 0 Å². The number of aryl methyl sites for hydroxylation is 1. The average molecular weight is 437 g/mol. The molecule has 0 bridgehead atoms. The fraction of sp³-hybridized carbons (Fsp3) is 0.727. The summed E-state index contributed by atoms with van der Waals surface area (Å²) >= 11 is 1.96. The lowest BCUT2D eigenvalue weighted by Crippen LogP contribution is -2.51. The van der Waals surface area contributed by atoms with E-state index in [0.29, 0.717) is 19.1 Å². The molecule has 3 rings (SSSR count). The number of methoxy groups -OCH3 is 1. The molecule has 0 amide bonds. The monoisotopic (exact) mass is 436 g/mol. The summed E-state index contributed by atoms with van der Waals surface area (Å²) in [5.41, 5.74) is 1.32. The second kappa shape index (κ2) is 9.87. The van der Waals surface area contributed by atoms with Crippen molar-refractivity contribution in [2.24, 2.45) is 15.9 Å². The number of likely N-dealkylation sites (tertiary alicyclic amines) is 1. The normalized spacial score (nSPS) is 27.5. The summed E-state index contributed by atoms with van der Waals surface area (Å²) in [6, 6.07) is 2.73. The van der Waals surface area contributed by atoms with Gasteiger partial charge in [0.1, 0.15) is 5.60 Å². The second-order valence-electron chi connectivity index (χ2n) is 8.67. The quantitative estimate of drug-likeness (QED) is 0.371. The molecule has 0 saturated carbocycles. The van der Waals surface area contributed by atoms with Crippen molar-refractivity contribution >= 4 is 23.3 Å². The van der Waals surface area contributed by atoms with Crippen LogP contribution in [0.25, 0.3) is 0 Å². The zero-order valence-electron chi connectivity index (χ0n) is 18.7. The summed E-state index contributed by atoms with van der Waals surface area (Å²) in [4.78, 5) is 9.77. The first-order valence-corrected chi connectivity index (χ1v) is 11.6. The first-order chi connectivity index (χ1) is 14.4. The highest BCUT2D eigenvalue weighted by Gasteiger charge is 2.44. The molecule has 3 heterocycles. The van der Waals surface area contributed by atoms with Gasteiger partial charge >= 0.3 is 0 Å². The van der Waals surface area contributed by atoms with E-state index in [9.17, 15) is 5.11 Å². The van der Waals surface area contributed by atoms with Gasteiger partial charge in [-0.25, -0.2) is 0 Å². The largest absolute Gasteiger partial charge is 0.393 e. The number of fused-ring (bicyclic) bond motifs is 2. The molecule has 1 aromatic rings. The number of ether oxygens (including phenoxy) is 2. The molecule has 1 saturated heterocycles. The van der Waals surface area contributed by atoms with Gasteiger partial charge in [0.2, 0.25) is 0 Å². The van der Waals surface area contributed by atoms with E-state index in [1.165, 1.54) is 15.3 Å². The molecule has 0 radical (unpaired) electrons. The van der Waals surface area contributed by atoms with Crippen molar-refractivity contribution in [1.29, 1.82) is 0 Å². The van der Waals surface area contributed by atoms with Gasteiger partial charge in [-0.15, -0.1) is 11.3 Å². The van der Waals surface area contributed by atoms with E-state index in [4.69, 9.17) is 15.3 Å². The number of hydrogen-bond acceptors (Lipinski definition) is 8. The van der Waals surface area contributed by atoms with Crippen LogP contribution in [0.3, 0.4) is 0 Å². The number of aliphatic hydroxyl groups excluding tert-OH is 1. The Morgan fingerprint density at radius 1 is 1.57 bits per heavy atom. The molecule has 30 heavy (non-hydrogen) atoms. The maximum absolute atomic E-state index is 9.44. The smallest absolute Gasteiger partial charge is 0.107 e. The molecule has 7 nitrogen and oxygen atoms in total. The van der Waals surface area contributed by atoms with E-state index in [1.54, 1.807) is 13.3 Å². The van der Waals surface area contributed by atoms with Crippen LogP contribution in [0.1, 0.15) is 48.9 Å². The van der Waals surface area contributed by atoms with Gasteiger partial charge in [-0.2, -0.15) is 5.10 Å². The lowest BCUT2D eigenvalue weighted by molar-refractivity contribution is -0.108. The molecular weight excluding hydrogens is 400 g/mol. The Labute approximate surface area is 184 Å². The van der Waals surface area contributed by atoms with Crippen molar-refractivity contribution in [3.05, 3.63) is 21.4 Å². The molecule has 168 valence electrons.